The van der Waals surface area contributed by atoms with Crippen LogP contribution in [0.1, 0.15) is 33.9 Å². The second kappa shape index (κ2) is 7.50. The van der Waals surface area contributed by atoms with Crippen LogP contribution in [0.15, 0.2) is 64.8 Å². The molecule has 0 fully saturated rings. The van der Waals surface area contributed by atoms with E-state index in [1.807, 2.05) is 44.2 Å². The number of allylic oxidation sites excluding steroid dienone is 1. The van der Waals surface area contributed by atoms with Crippen molar-refractivity contribution in [1.29, 1.82) is 5.26 Å². The largest absolute Gasteiger partial charge is 0.454 e. The molecule has 32 heavy (non-hydrogen) atoms. The maximum absolute atomic E-state index is 13.7. The van der Waals surface area contributed by atoms with Gasteiger partial charge in [-0.2, -0.15) is 5.26 Å². The standard InChI is InChI=1S/C25H21N3O4/c1-14-3-5-16(6-4-14)12-28-15(2)9-21-23(25(28)29)22(18(11-26)24(27)32-21)17-7-8-19-20(10-17)31-13-30-19/h3-10,22H,12-13,27H2,1-2H3. The van der Waals surface area contributed by atoms with Crippen LogP contribution in [0.25, 0.3) is 0 Å². The molecule has 0 saturated heterocycles. The molecule has 7 heteroatoms. The molecule has 7 nitrogen and oxygen atoms in total. The van der Waals surface area contributed by atoms with E-state index in [0.717, 1.165) is 16.8 Å². The summed E-state index contributed by atoms with van der Waals surface area (Å²) in [5.74, 6) is 0.885. The minimum atomic E-state index is -0.671. The molecule has 5 rings (SSSR count). The van der Waals surface area contributed by atoms with Gasteiger partial charge in [0.2, 0.25) is 12.7 Å². The van der Waals surface area contributed by atoms with E-state index < -0.39 is 5.92 Å². The van der Waals surface area contributed by atoms with E-state index in [2.05, 4.69) is 6.07 Å². The molecule has 2 N–H and O–H groups in total. The van der Waals surface area contributed by atoms with E-state index in [4.69, 9.17) is 19.9 Å². The summed E-state index contributed by atoms with van der Waals surface area (Å²) in [6.07, 6.45) is 0. The summed E-state index contributed by atoms with van der Waals surface area (Å²) in [5, 5.41) is 9.86. The number of hydrogen-bond donors (Lipinski definition) is 1. The van der Waals surface area contributed by atoms with Gasteiger partial charge < -0.3 is 24.5 Å². The molecule has 3 aromatic rings. The van der Waals surface area contributed by atoms with Gasteiger partial charge >= 0.3 is 0 Å². The van der Waals surface area contributed by atoms with E-state index in [0.29, 0.717) is 34.9 Å². The Morgan fingerprint density at radius 3 is 2.56 bits per heavy atom. The summed E-state index contributed by atoms with van der Waals surface area (Å²) in [6.45, 7) is 4.42. The van der Waals surface area contributed by atoms with E-state index >= 15 is 0 Å². The van der Waals surface area contributed by atoms with Crippen LogP contribution in [-0.2, 0) is 6.54 Å². The van der Waals surface area contributed by atoms with Crippen molar-refractivity contribution in [2.24, 2.45) is 5.73 Å². The van der Waals surface area contributed by atoms with Gasteiger partial charge in [0.25, 0.3) is 5.56 Å². The molecular formula is C25H21N3O4. The number of ether oxygens (including phenoxy) is 3. The van der Waals surface area contributed by atoms with Crippen molar-refractivity contribution in [1.82, 2.24) is 4.57 Å². The highest BCUT2D eigenvalue weighted by atomic mass is 16.7. The summed E-state index contributed by atoms with van der Waals surface area (Å²) in [6, 6.07) is 17.4. The molecule has 0 aliphatic carbocycles. The van der Waals surface area contributed by atoms with Gasteiger partial charge in [0.05, 0.1) is 18.0 Å². The van der Waals surface area contributed by atoms with Crippen molar-refractivity contribution in [3.05, 3.63) is 98.3 Å². The van der Waals surface area contributed by atoms with Crippen LogP contribution in [0.5, 0.6) is 17.2 Å². The lowest BCUT2D eigenvalue weighted by atomic mass is 9.84. The molecule has 0 bridgehead atoms. The molecule has 2 aromatic carbocycles. The third-order valence-corrected chi connectivity index (χ3v) is 5.88. The first-order chi connectivity index (χ1) is 15.5. The predicted octanol–water partition coefficient (Wildman–Crippen LogP) is 3.46. The summed E-state index contributed by atoms with van der Waals surface area (Å²) in [7, 11) is 0. The van der Waals surface area contributed by atoms with Crippen LogP contribution in [-0.4, -0.2) is 11.4 Å². The summed E-state index contributed by atoms with van der Waals surface area (Å²) < 4.78 is 18.3. The van der Waals surface area contributed by atoms with Crippen molar-refractivity contribution < 1.29 is 14.2 Å². The van der Waals surface area contributed by atoms with Crippen molar-refractivity contribution in [2.75, 3.05) is 6.79 Å². The van der Waals surface area contributed by atoms with E-state index in [9.17, 15) is 10.1 Å². The van der Waals surface area contributed by atoms with E-state index in [1.54, 1.807) is 22.8 Å². The van der Waals surface area contributed by atoms with Crippen LogP contribution < -0.4 is 25.5 Å². The maximum Gasteiger partial charge on any atom is 0.259 e. The molecule has 0 saturated carbocycles. The zero-order valence-electron chi connectivity index (χ0n) is 17.7. The van der Waals surface area contributed by atoms with Crippen molar-refractivity contribution in [3.8, 4) is 23.3 Å². The topological polar surface area (TPSA) is 99.5 Å². The Balaban J connectivity index is 1.68. The Bertz CT molecular complexity index is 1360. The second-order valence-electron chi connectivity index (χ2n) is 7.98. The predicted molar refractivity (Wildman–Crippen MR) is 118 cm³/mol. The maximum atomic E-state index is 13.7. The molecular weight excluding hydrogens is 406 g/mol. The summed E-state index contributed by atoms with van der Waals surface area (Å²) >= 11 is 0. The zero-order valence-corrected chi connectivity index (χ0v) is 17.7. The Kier molecular flexibility index (Phi) is 4.63. The minimum Gasteiger partial charge on any atom is -0.454 e. The van der Waals surface area contributed by atoms with Gasteiger partial charge in [0, 0.05) is 11.8 Å². The first-order valence-electron chi connectivity index (χ1n) is 10.2. The number of aryl methyl sites for hydroxylation is 2. The number of benzene rings is 2. The van der Waals surface area contributed by atoms with Crippen LogP contribution >= 0.6 is 0 Å². The van der Waals surface area contributed by atoms with Crippen molar-refractivity contribution >= 4 is 0 Å². The monoisotopic (exact) mass is 427 g/mol. The first-order valence-corrected chi connectivity index (χ1v) is 10.2. The van der Waals surface area contributed by atoms with E-state index in [1.165, 1.54) is 0 Å². The molecule has 2 aliphatic rings. The van der Waals surface area contributed by atoms with Gasteiger partial charge in [-0.3, -0.25) is 4.79 Å². The molecule has 0 spiro atoms. The van der Waals surface area contributed by atoms with E-state index in [-0.39, 0.29) is 23.8 Å². The fraction of sp³-hybridized carbons (Fsp3) is 0.200. The number of aromatic nitrogens is 1. The lowest BCUT2D eigenvalue weighted by Crippen LogP contribution is -2.33. The number of pyridine rings is 1. The van der Waals surface area contributed by atoms with Gasteiger partial charge in [-0.1, -0.05) is 35.9 Å². The molecule has 2 aliphatic heterocycles. The zero-order chi connectivity index (χ0) is 22.4. The molecule has 1 atom stereocenters. The average molecular weight is 427 g/mol. The van der Waals surface area contributed by atoms with Crippen LogP contribution in [0.2, 0.25) is 0 Å². The third kappa shape index (κ3) is 3.17. The lowest BCUT2D eigenvalue weighted by Gasteiger charge is -2.27. The van der Waals surface area contributed by atoms with Crippen molar-refractivity contribution in [2.45, 2.75) is 26.3 Å². The quantitative estimate of drug-likeness (QED) is 0.687. The van der Waals surface area contributed by atoms with Gasteiger partial charge in [0.1, 0.15) is 17.4 Å². The fourth-order valence-corrected chi connectivity index (χ4v) is 4.18. The molecule has 1 unspecified atom stereocenters. The highest BCUT2D eigenvalue weighted by Crippen LogP contribution is 2.43. The number of nitrogens with two attached hydrogens (primary N) is 1. The Hall–Kier alpha value is -4.18. The van der Waals surface area contributed by atoms with Crippen molar-refractivity contribution in [3.63, 3.8) is 0 Å². The lowest BCUT2D eigenvalue weighted by molar-refractivity contribution is 0.174. The minimum absolute atomic E-state index is 0.00208. The number of rotatable bonds is 3. The summed E-state index contributed by atoms with van der Waals surface area (Å²) in [4.78, 5) is 13.7. The van der Waals surface area contributed by atoms with Gasteiger partial charge in [-0.25, -0.2) is 0 Å². The molecule has 0 amide bonds. The normalized spacial score (nSPS) is 16.3. The Labute approximate surface area is 184 Å². The fourth-order valence-electron chi connectivity index (χ4n) is 4.18. The van der Waals surface area contributed by atoms with Crippen LogP contribution in [0.4, 0.5) is 0 Å². The smallest absolute Gasteiger partial charge is 0.259 e. The van der Waals surface area contributed by atoms with Gasteiger partial charge in [0.15, 0.2) is 11.5 Å². The number of nitrogens with zero attached hydrogens (tertiary/aromatic N) is 2. The SMILES string of the molecule is Cc1ccc(Cn2c(C)cc3c(c2=O)C(c2ccc4c(c2)OCO4)C(C#N)=C(N)O3)cc1. The van der Waals surface area contributed by atoms with Crippen LogP contribution in [0, 0.1) is 25.2 Å². The van der Waals surface area contributed by atoms with Crippen LogP contribution in [0.3, 0.4) is 0 Å². The highest BCUT2D eigenvalue weighted by Gasteiger charge is 2.35. The second-order valence-corrected chi connectivity index (χ2v) is 7.98. The number of hydrogen-bond acceptors (Lipinski definition) is 6. The Morgan fingerprint density at radius 2 is 1.81 bits per heavy atom. The van der Waals surface area contributed by atoms with Gasteiger partial charge in [-0.15, -0.1) is 0 Å². The number of fused-ring (bicyclic) bond motifs is 2. The molecule has 1 aromatic heterocycles. The third-order valence-electron chi connectivity index (χ3n) is 5.88. The highest BCUT2D eigenvalue weighted by molar-refractivity contribution is 5.57. The molecule has 160 valence electrons. The first kappa shape index (κ1) is 19.8. The van der Waals surface area contributed by atoms with Gasteiger partial charge in [-0.05, 0) is 37.1 Å². The molecule has 0 radical (unpaired) electrons. The summed E-state index contributed by atoms with van der Waals surface area (Å²) in [5.41, 5.74) is 10.1. The Morgan fingerprint density at radius 1 is 1.06 bits per heavy atom. The molecule has 3 heterocycles. The number of nitriles is 1. The average Bonchev–Trinajstić information content (AvgIpc) is 3.25.